The number of aliphatic hydroxyl groups is 1. The fourth-order valence-electron chi connectivity index (χ4n) is 1.30. The highest BCUT2D eigenvalue weighted by molar-refractivity contribution is 5.75. The van der Waals surface area contributed by atoms with Crippen LogP contribution in [0.2, 0.25) is 0 Å². The van der Waals surface area contributed by atoms with Crippen LogP contribution >= 0.6 is 0 Å². The van der Waals surface area contributed by atoms with E-state index < -0.39 is 16.9 Å². The van der Waals surface area contributed by atoms with Crippen molar-refractivity contribution in [1.29, 1.82) is 0 Å². The van der Waals surface area contributed by atoms with E-state index in [4.69, 9.17) is 10.2 Å². The van der Waals surface area contributed by atoms with Crippen LogP contribution in [0.4, 0.5) is 0 Å². The lowest BCUT2D eigenvalue weighted by atomic mass is 9.74. The minimum atomic E-state index is -0.802. The van der Waals surface area contributed by atoms with Crippen LogP contribution in [0.5, 0.6) is 0 Å². The Bertz CT molecular complexity index is 224. The molecular formula is C12H25NO3. The van der Waals surface area contributed by atoms with E-state index in [1.165, 1.54) is 0 Å². The third-order valence-electron chi connectivity index (χ3n) is 3.50. The number of aliphatic carboxylic acids is 1. The molecule has 0 saturated carbocycles. The van der Waals surface area contributed by atoms with Gasteiger partial charge in [-0.25, -0.2) is 0 Å². The first-order valence-electron chi connectivity index (χ1n) is 5.85. The van der Waals surface area contributed by atoms with Crippen molar-refractivity contribution in [1.82, 2.24) is 5.32 Å². The van der Waals surface area contributed by atoms with Gasteiger partial charge in [0.2, 0.25) is 0 Å². The molecule has 0 rings (SSSR count). The van der Waals surface area contributed by atoms with Crippen molar-refractivity contribution in [2.45, 2.75) is 52.5 Å². The molecule has 0 radical (unpaired) electrons. The molecule has 0 amide bonds. The maximum Gasteiger partial charge on any atom is 0.310 e. The van der Waals surface area contributed by atoms with Crippen molar-refractivity contribution in [2.24, 2.45) is 5.41 Å². The van der Waals surface area contributed by atoms with Crippen LogP contribution < -0.4 is 5.32 Å². The van der Waals surface area contributed by atoms with E-state index in [2.05, 4.69) is 5.32 Å². The molecule has 16 heavy (non-hydrogen) atoms. The number of nitrogens with one attached hydrogen (secondary N) is 1. The first-order chi connectivity index (χ1) is 7.25. The van der Waals surface area contributed by atoms with Crippen molar-refractivity contribution >= 4 is 5.97 Å². The minimum Gasteiger partial charge on any atom is -0.481 e. The molecule has 0 aliphatic rings. The standard InChI is InChI=1S/C12H25NO3/c1-11(2,10(15)16)12(3,4)13-8-6-5-7-9-14/h13-14H,5-9H2,1-4H3,(H,15,16). The molecule has 0 bridgehead atoms. The van der Waals surface area contributed by atoms with Crippen LogP contribution in [-0.2, 0) is 4.79 Å². The van der Waals surface area contributed by atoms with Gasteiger partial charge in [-0.15, -0.1) is 0 Å². The molecule has 0 aliphatic heterocycles. The molecule has 4 nitrogen and oxygen atoms in total. The first-order valence-corrected chi connectivity index (χ1v) is 5.85. The SMILES string of the molecule is CC(C)(NCCCCCO)C(C)(C)C(=O)O. The smallest absolute Gasteiger partial charge is 0.310 e. The predicted molar refractivity (Wildman–Crippen MR) is 64.4 cm³/mol. The van der Waals surface area contributed by atoms with Gasteiger partial charge in [-0.1, -0.05) is 0 Å². The fraction of sp³-hybridized carbons (Fsp3) is 0.917. The Balaban J connectivity index is 4.09. The number of carboxylic acid groups (broad SMARTS) is 1. The third-order valence-corrected chi connectivity index (χ3v) is 3.50. The van der Waals surface area contributed by atoms with E-state index in [1.807, 2.05) is 13.8 Å². The number of unbranched alkanes of at least 4 members (excludes halogenated alkanes) is 2. The first kappa shape index (κ1) is 15.4. The summed E-state index contributed by atoms with van der Waals surface area (Å²) in [6, 6.07) is 0. The van der Waals surface area contributed by atoms with E-state index in [9.17, 15) is 4.79 Å². The average Bonchev–Trinajstić information content (AvgIpc) is 2.16. The van der Waals surface area contributed by atoms with Crippen LogP contribution in [0.25, 0.3) is 0 Å². The van der Waals surface area contributed by atoms with Crippen LogP contribution in [0.3, 0.4) is 0 Å². The van der Waals surface area contributed by atoms with Gasteiger partial charge in [0.25, 0.3) is 0 Å². The number of rotatable bonds is 8. The van der Waals surface area contributed by atoms with Crippen LogP contribution in [0.1, 0.15) is 47.0 Å². The molecule has 0 heterocycles. The third kappa shape index (κ3) is 4.10. The number of hydrogen-bond acceptors (Lipinski definition) is 3. The van der Waals surface area contributed by atoms with Crippen molar-refractivity contribution in [3.63, 3.8) is 0 Å². The van der Waals surface area contributed by atoms with Gasteiger partial charge in [0.15, 0.2) is 0 Å². The van der Waals surface area contributed by atoms with Crippen LogP contribution in [0.15, 0.2) is 0 Å². The zero-order valence-electron chi connectivity index (χ0n) is 10.8. The lowest BCUT2D eigenvalue weighted by molar-refractivity contribution is -0.151. The molecule has 0 aromatic carbocycles. The summed E-state index contributed by atoms with van der Waals surface area (Å²) in [4.78, 5) is 11.1. The second kappa shape index (κ2) is 6.21. The minimum absolute atomic E-state index is 0.226. The summed E-state index contributed by atoms with van der Waals surface area (Å²) < 4.78 is 0. The van der Waals surface area contributed by atoms with Crippen LogP contribution in [-0.4, -0.2) is 34.9 Å². The summed E-state index contributed by atoms with van der Waals surface area (Å²) >= 11 is 0. The Morgan fingerprint density at radius 1 is 1.12 bits per heavy atom. The van der Waals surface area contributed by atoms with Gasteiger partial charge in [0.1, 0.15) is 0 Å². The van der Waals surface area contributed by atoms with Gasteiger partial charge in [-0.2, -0.15) is 0 Å². The molecular weight excluding hydrogens is 206 g/mol. The monoisotopic (exact) mass is 231 g/mol. The van der Waals surface area contributed by atoms with E-state index in [0.29, 0.717) is 0 Å². The summed E-state index contributed by atoms with van der Waals surface area (Å²) in [7, 11) is 0. The van der Waals surface area contributed by atoms with Gasteiger partial charge in [-0.05, 0) is 53.5 Å². The van der Waals surface area contributed by atoms with Gasteiger partial charge < -0.3 is 15.5 Å². The summed E-state index contributed by atoms with van der Waals surface area (Å²) in [6.45, 7) is 8.29. The lowest BCUT2D eigenvalue weighted by Crippen LogP contribution is -2.55. The Morgan fingerprint density at radius 3 is 2.12 bits per heavy atom. The Morgan fingerprint density at radius 2 is 1.69 bits per heavy atom. The van der Waals surface area contributed by atoms with Crippen molar-refractivity contribution < 1.29 is 15.0 Å². The molecule has 0 aromatic heterocycles. The second-order valence-electron chi connectivity index (χ2n) is 5.27. The van der Waals surface area contributed by atoms with Crippen molar-refractivity contribution in [3.8, 4) is 0 Å². The van der Waals surface area contributed by atoms with Crippen LogP contribution in [0, 0.1) is 5.41 Å². The second-order valence-corrected chi connectivity index (χ2v) is 5.27. The molecule has 4 heteroatoms. The zero-order chi connectivity index (χ0) is 12.8. The molecule has 96 valence electrons. The molecule has 0 unspecified atom stereocenters. The number of carbonyl (C=O) groups is 1. The normalized spacial score (nSPS) is 12.8. The highest BCUT2D eigenvalue weighted by Crippen LogP contribution is 2.30. The number of aliphatic hydroxyl groups excluding tert-OH is 1. The van der Waals surface area contributed by atoms with Crippen molar-refractivity contribution in [3.05, 3.63) is 0 Å². The Kier molecular flexibility index (Phi) is 5.97. The molecule has 0 fully saturated rings. The lowest BCUT2D eigenvalue weighted by Gasteiger charge is -2.39. The van der Waals surface area contributed by atoms with Gasteiger partial charge in [0, 0.05) is 12.1 Å². The highest BCUT2D eigenvalue weighted by Gasteiger charge is 2.42. The maximum absolute atomic E-state index is 11.1. The van der Waals surface area contributed by atoms with Gasteiger partial charge in [-0.3, -0.25) is 4.79 Å². The number of hydrogen-bond donors (Lipinski definition) is 3. The Hall–Kier alpha value is -0.610. The van der Waals surface area contributed by atoms with E-state index in [1.54, 1.807) is 13.8 Å². The summed E-state index contributed by atoms with van der Waals surface area (Å²) in [5.74, 6) is -0.791. The molecule has 0 spiro atoms. The fourth-order valence-corrected chi connectivity index (χ4v) is 1.30. The van der Waals surface area contributed by atoms with E-state index in [0.717, 1.165) is 25.8 Å². The molecule has 3 N–H and O–H groups in total. The predicted octanol–water partition coefficient (Wildman–Crippen LogP) is 1.63. The molecule has 0 saturated heterocycles. The average molecular weight is 231 g/mol. The zero-order valence-corrected chi connectivity index (χ0v) is 10.8. The molecule has 0 aliphatic carbocycles. The molecule has 0 atom stereocenters. The van der Waals surface area contributed by atoms with Gasteiger partial charge in [0.05, 0.1) is 5.41 Å². The van der Waals surface area contributed by atoms with Crippen molar-refractivity contribution in [2.75, 3.05) is 13.2 Å². The topological polar surface area (TPSA) is 69.6 Å². The highest BCUT2D eigenvalue weighted by atomic mass is 16.4. The quantitative estimate of drug-likeness (QED) is 0.555. The summed E-state index contributed by atoms with van der Waals surface area (Å²) in [5.41, 5.74) is -1.25. The molecule has 0 aromatic rings. The largest absolute Gasteiger partial charge is 0.481 e. The van der Waals surface area contributed by atoms with Gasteiger partial charge >= 0.3 is 5.97 Å². The number of carboxylic acids is 1. The van der Waals surface area contributed by atoms with E-state index in [-0.39, 0.29) is 6.61 Å². The summed E-state index contributed by atoms with van der Waals surface area (Å²) in [6.07, 6.45) is 2.73. The summed E-state index contributed by atoms with van der Waals surface area (Å²) in [5, 5.41) is 21.1. The maximum atomic E-state index is 11.1. The Labute approximate surface area is 98.1 Å². The van der Waals surface area contributed by atoms with E-state index >= 15 is 0 Å².